The number of rotatable bonds is 3. The van der Waals surface area contributed by atoms with Gasteiger partial charge in [-0.15, -0.1) is 11.6 Å². The molecule has 0 amide bonds. The van der Waals surface area contributed by atoms with E-state index in [1.54, 1.807) is 18.2 Å². The van der Waals surface area contributed by atoms with Crippen LogP contribution in [0.3, 0.4) is 0 Å². The Morgan fingerprint density at radius 1 is 1.50 bits per heavy atom. The highest BCUT2D eigenvalue weighted by Gasteiger charge is 2.07. The number of allylic oxidation sites excluding steroid dienone is 1. The van der Waals surface area contributed by atoms with Crippen LogP contribution in [0.4, 0.5) is 5.69 Å². The number of nitro benzene ring substituents is 1. The minimum atomic E-state index is -0.485. The van der Waals surface area contributed by atoms with Gasteiger partial charge in [0.05, 0.1) is 9.95 Å². The molecule has 1 aromatic rings. The Balaban J connectivity index is 3.01. The fourth-order valence-corrected chi connectivity index (χ4v) is 1.26. The maximum Gasteiger partial charge on any atom is 0.270 e. The molecule has 0 aliphatic rings. The van der Waals surface area contributed by atoms with Crippen LogP contribution in [0, 0.1) is 10.1 Å². The summed E-state index contributed by atoms with van der Waals surface area (Å²) < 4.78 is 0. The van der Waals surface area contributed by atoms with E-state index in [-0.39, 0.29) is 5.69 Å². The van der Waals surface area contributed by atoms with Gasteiger partial charge in [0.15, 0.2) is 0 Å². The minimum absolute atomic E-state index is 0.0157. The molecule has 0 N–H and O–H groups in total. The van der Waals surface area contributed by atoms with Crippen molar-refractivity contribution in [2.45, 2.75) is 0 Å². The number of hydrogen-bond donors (Lipinski definition) is 0. The molecule has 1 rings (SSSR count). The quantitative estimate of drug-likeness (QED) is 0.454. The van der Waals surface area contributed by atoms with Gasteiger partial charge < -0.3 is 0 Å². The van der Waals surface area contributed by atoms with Gasteiger partial charge >= 0.3 is 0 Å². The van der Waals surface area contributed by atoms with Crippen LogP contribution in [0.5, 0.6) is 0 Å². The molecule has 0 fully saturated rings. The standard InChI is InChI=1S/C9H7Cl2NO2/c10-5-1-2-7-3-4-8(12(13)14)6-9(7)11/h1-4,6H,5H2. The van der Waals surface area contributed by atoms with E-state index in [4.69, 9.17) is 23.2 Å². The first kappa shape index (κ1) is 11.0. The molecule has 0 bridgehead atoms. The number of alkyl halides is 1. The SMILES string of the molecule is O=[N+]([O-])c1ccc(C=CCCl)c(Cl)c1. The van der Waals surface area contributed by atoms with Crippen molar-refractivity contribution in [2.24, 2.45) is 0 Å². The van der Waals surface area contributed by atoms with Crippen LogP contribution in [0.25, 0.3) is 6.08 Å². The summed E-state index contributed by atoms with van der Waals surface area (Å²) in [6, 6.07) is 4.30. The highest BCUT2D eigenvalue weighted by molar-refractivity contribution is 6.32. The van der Waals surface area contributed by atoms with Gasteiger partial charge in [-0.05, 0) is 11.6 Å². The van der Waals surface area contributed by atoms with E-state index in [1.165, 1.54) is 12.1 Å². The first-order chi connectivity index (χ1) is 6.65. The van der Waals surface area contributed by atoms with Crippen molar-refractivity contribution in [1.82, 2.24) is 0 Å². The lowest BCUT2D eigenvalue weighted by molar-refractivity contribution is -0.384. The van der Waals surface area contributed by atoms with Crippen molar-refractivity contribution in [3.05, 3.63) is 45.0 Å². The topological polar surface area (TPSA) is 43.1 Å². The van der Waals surface area contributed by atoms with Crippen LogP contribution in [-0.4, -0.2) is 10.8 Å². The molecule has 0 radical (unpaired) electrons. The maximum absolute atomic E-state index is 10.4. The predicted octanol–water partition coefficient (Wildman–Crippen LogP) is 3.50. The molecule has 0 unspecified atom stereocenters. The summed E-state index contributed by atoms with van der Waals surface area (Å²) in [6.07, 6.45) is 3.44. The molecule has 5 heteroatoms. The van der Waals surface area contributed by atoms with Gasteiger partial charge in [-0.2, -0.15) is 0 Å². The second kappa shape index (κ2) is 4.98. The summed E-state index contributed by atoms with van der Waals surface area (Å²) in [6.45, 7) is 0. The zero-order valence-corrected chi connectivity index (χ0v) is 8.63. The molecule has 0 aromatic heterocycles. The van der Waals surface area contributed by atoms with E-state index in [0.717, 1.165) is 5.56 Å². The first-order valence-electron chi connectivity index (χ1n) is 3.81. The zero-order chi connectivity index (χ0) is 10.6. The second-order valence-electron chi connectivity index (χ2n) is 2.52. The van der Waals surface area contributed by atoms with E-state index in [0.29, 0.717) is 10.9 Å². The number of hydrogen-bond acceptors (Lipinski definition) is 2. The number of halogens is 2. The van der Waals surface area contributed by atoms with E-state index >= 15 is 0 Å². The maximum atomic E-state index is 10.4. The molecule has 0 aliphatic heterocycles. The molecular weight excluding hydrogens is 225 g/mol. The van der Waals surface area contributed by atoms with Crippen molar-refractivity contribution in [1.29, 1.82) is 0 Å². The Kier molecular flexibility index (Phi) is 3.92. The van der Waals surface area contributed by atoms with Crippen molar-refractivity contribution < 1.29 is 4.92 Å². The normalized spacial score (nSPS) is 10.7. The first-order valence-corrected chi connectivity index (χ1v) is 4.73. The minimum Gasteiger partial charge on any atom is -0.258 e. The molecule has 0 aliphatic carbocycles. The van der Waals surface area contributed by atoms with Gasteiger partial charge in [0.1, 0.15) is 0 Å². The lowest BCUT2D eigenvalue weighted by atomic mass is 10.2. The average molecular weight is 232 g/mol. The molecule has 3 nitrogen and oxygen atoms in total. The summed E-state index contributed by atoms with van der Waals surface area (Å²) in [7, 11) is 0. The lowest BCUT2D eigenvalue weighted by Gasteiger charge is -1.97. The number of benzene rings is 1. The number of nitro groups is 1. The van der Waals surface area contributed by atoms with Gasteiger partial charge in [0.25, 0.3) is 5.69 Å². The zero-order valence-electron chi connectivity index (χ0n) is 7.11. The smallest absolute Gasteiger partial charge is 0.258 e. The van der Waals surface area contributed by atoms with Crippen LogP contribution in [0.1, 0.15) is 5.56 Å². The molecule has 74 valence electrons. The summed E-state index contributed by atoms with van der Waals surface area (Å²) in [5.74, 6) is 0.382. The van der Waals surface area contributed by atoms with Crippen molar-refractivity contribution in [3.63, 3.8) is 0 Å². The predicted molar refractivity (Wildman–Crippen MR) is 57.9 cm³/mol. The van der Waals surface area contributed by atoms with Gasteiger partial charge in [-0.25, -0.2) is 0 Å². The Hall–Kier alpha value is -1.06. The molecule has 0 saturated carbocycles. The van der Waals surface area contributed by atoms with E-state index in [1.807, 2.05) is 0 Å². The van der Waals surface area contributed by atoms with Crippen molar-refractivity contribution in [2.75, 3.05) is 5.88 Å². The molecule has 14 heavy (non-hydrogen) atoms. The van der Waals surface area contributed by atoms with Crippen LogP contribution in [0.15, 0.2) is 24.3 Å². The van der Waals surface area contributed by atoms with Gasteiger partial charge in [0.2, 0.25) is 0 Å². The molecule has 0 atom stereocenters. The summed E-state index contributed by atoms with van der Waals surface area (Å²) in [5, 5.41) is 10.7. The second-order valence-corrected chi connectivity index (χ2v) is 3.24. The Morgan fingerprint density at radius 3 is 2.71 bits per heavy atom. The highest BCUT2D eigenvalue weighted by Crippen LogP contribution is 2.23. The molecule has 0 saturated heterocycles. The van der Waals surface area contributed by atoms with Crippen molar-refractivity contribution in [3.8, 4) is 0 Å². The number of non-ortho nitro benzene ring substituents is 1. The van der Waals surface area contributed by atoms with Crippen LogP contribution in [-0.2, 0) is 0 Å². The van der Waals surface area contributed by atoms with Crippen molar-refractivity contribution >= 4 is 35.0 Å². The summed E-state index contributed by atoms with van der Waals surface area (Å²) in [5.41, 5.74) is 0.705. The average Bonchev–Trinajstić information content (AvgIpc) is 2.15. The Bertz CT molecular complexity index is 377. The van der Waals surface area contributed by atoms with E-state index in [9.17, 15) is 10.1 Å². The fraction of sp³-hybridized carbons (Fsp3) is 0.111. The molecule has 0 heterocycles. The molecule has 1 aromatic carbocycles. The third-order valence-corrected chi connectivity index (χ3v) is 2.09. The fourth-order valence-electron chi connectivity index (χ4n) is 0.936. The van der Waals surface area contributed by atoms with Crippen LogP contribution >= 0.6 is 23.2 Å². The van der Waals surface area contributed by atoms with Gasteiger partial charge in [-0.1, -0.05) is 23.8 Å². The molecular formula is C9H7Cl2NO2. The lowest BCUT2D eigenvalue weighted by Crippen LogP contribution is -1.87. The van der Waals surface area contributed by atoms with E-state index in [2.05, 4.69) is 0 Å². The third kappa shape index (κ3) is 2.72. The van der Waals surface area contributed by atoms with Gasteiger partial charge in [-0.3, -0.25) is 10.1 Å². The summed E-state index contributed by atoms with van der Waals surface area (Å²) >= 11 is 11.3. The largest absolute Gasteiger partial charge is 0.270 e. The highest BCUT2D eigenvalue weighted by atomic mass is 35.5. The van der Waals surface area contributed by atoms with Crippen LogP contribution < -0.4 is 0 Å². The van der Waals surface area contributed by atoms with Crippen LogP contribution in [0.2, 0.25) is 5.02 Å². The third-order valence-electron chi connectivity index (χ3n) is 1.58. The summed E-state index contributed by atoms with van der Waals surface area (Å²) in [4.78, 5) is 9.90. The molecule has 0 spiro atoms. The monoisotopic (exact) mass is 231 g/mol. The Morgan fingerprint density at radius 2 is 2.21 bits per heavy atom. The Labute approximate surface area is 91.1 Å². The van der Waals surface area contributed by atoms with E-state index < -0.39 is 4.92 Å². The number of nitrogens with zero attached hydrogens (tertiary/aromatic N) is 1. The van der Waals surface area contributed by atoms with Gasteiger partial charge in [0, 0.05) is 18.0 Å².